The molecule has 30 heavy (non-hydrogen) atoms. The molecule has 0 aliphatic carbocycles. The van der Waals surface area contributed by atoms with Crippen molar-refractivity contribution in [2.75, 3.05) is 27.4 Å². The highest BCUT2D eigenvalue weighted by Gasteiger charge is 2.32. The molecule has 0 aromatic heterocycles. The number of nitrogens with zero attached hydrogens (tertiary/aromatic N) is 2. The summed E-state index contributed by atoms with van der Waals surface area (Å²) in [5.74, 6) is 1.84. The molecule has 0 radical (unpaired) electrons. The van der Waals surface area contributed by atoms with E-state index in [-0.39, 0.29) is 24.2 Å². The molecular formula is C22H26N2O6. The van der Waals surface area contributed by atoms with Crippen LogP contribution in [0.2, 0.25) is 0 Å². The number of amides is 1. The molecule has 0 fully saturated rings. The summed E-state index contributed by atoms with van der Waals surface area (Å²) < 4.78 is 16.8. The molecule has 160 valence electrons. The number of rotatable bonds is 8. The average Bonchev–Trinajstić information content (AvgIpc) is 2.76. The lowest BCUT2D eigenvalue weighted by Crippen LogP contribution is -2.42. The zero-order chi connectivity index (χ0) is 21.7. The van der Waals surface area contributed by atoms with E-state index in [0.29, 0.717) is 30.2 Å². The maximum Gasteiger partial charge on any atom is 0.269 e. The topological polar surface area (TPSA) is 91.1 Å². The van der Waals surface area contributed by atoms with Gasteiger partial charge in [0.05, 0.1) is 25.2 Å². The second-order valence-electron chi connectivity index (χ2n) is 7.07. The minimum absolute atomic E-state index is 0.00180. The fraction of sp³-hybridized carbons (Fsp3) is 0.409. The first-order valence-corrected chi connectivity index (χ1v) is 9.90. The lowest BCUT2D eigenvalue weighted by molar-refractivity contribution is -0.384. The second kappa shape index (κ2) is 9.47. The van der Waals surface area contributed by atoms with E-state index in [4.69, 9.17) is 14.2 Å². The van der Waals surface area contributed by atoms with Crippen molar-refractivity contribution in [1.82, 2.24) is 4.90 Å². The number of hydrogen-bond donors (Lipinski definition) is 0. The van der Waals surface area contributed by atoms with Crippen LogP contribution in [0.15, 0.2) is 36.4 Å². The molecule has 8 nitrogen and oxygen atoms in total. The summed E-state index contributed by atoms with van der Waals surface area (Å²) in [5.41, 5.74) is 2.05. The third-order valence-corrected chi connectivity index (χ3v) is 5.24. The molecule has 1 aliphatic heterocycles. The summed E-state index contributed by atoms with van der Waals surface area (Å²) in [4.78, 5) is 25.0. The molecule has 3 rings (SSSR count). The predicted octanol–water partition coefficient (Wildman–Crippen LogP) is 3.92. The molecule has 0 saturated heterocycles. The van der Waals surface area contributed by atoms with Gasteiger partial charge in [-0.3, -0.25) is 14.9 Å². The van der Waals surface area contributed by atoms with Crippen molar-refractivity contribution < 1.29 is 23.9 Å². The Hall–Kier alpha value is -3.29. The van der Waals surface area contributed by atoms with Crippen LogP contribution in [0.3, 0.4) is 0 Å². The maximum absolute atomic E-state index is 12.8. The number of carbonyl (C=O) groups is 1. The Labute approximate surface area is 175 Å². The highest BCUT2D eigenvalue weighted by Crippen LogP contribution is 2.38. The van der Waals surface area contributed by atoms with E-state index in [9.17, 15) is 14.9 Å². The van der Waals surface area contributed by atoms with E-state index in [0.717, 1.165) is 24.0 Å². The SMILES string of the molecule is CCCC(=O)N1CCc2cc(OC)c(OC)cc2C1COc1ccc([N+](=O)[O-])cc1. The van der Waals surface area contributed by atoms with Gasteiger partial charge in [0.25, 0.3) is 5.69 Å². The fourth-order valence-corrected chi connectivity index (χ4v) is 3.70. The standard InChI is InChI=1S/C22H26N2O6/c1-4-5-22(25)23-11-10-15-12-20(28-2)21(29-3)13-18(15)19(23)14-30-17-8-6-16(7-9-17)24(26)27/h6-9,12-13,19H,4-5,10-11,14H2,1-3H3. The first-order valence-electron chi connectivity index (χ1n) is 9.90. The Morgan fingerprint density at radius 3 is 2.43 bits per heavy atom. The highest BCUT2D eigenvalue weighted by molar-refractivity contribution is 5.77. The molecule has 2 aromatic carbocycles. The van der Waals surface area contributed by atoms with Gasteiger partial charge in [0.15, 0.2) is 11.5 Å². The minimum atomic E-state index is -0.452. The minimum Gasteiger partial charge on any atom is -0.493 e. The fourth-order valence-electron chi connectivity index (χ4n) is 3.70. The molecule has 1 unspecified atom stereocenters. The molecule has 8 heteroatoms. The second-order valence-corrected chi connectivity index (χ2v) is 7.07. The number of carbonyl (C=O) groups excluding carboxylic acids is 1. The third kappa shape index (κ3) is 4.48. The zero-order valence-electron chi connectivity index (χ0n) is 17.4. The van der Waals surface area contributed by atoms with Gasteiger partial charge in [-0.05, 0) is 48.2 Å². The summed E-state index contributed by atoms with van der Waals surface area (Å²) in [6, 6.07) is 9.50. The highest BCUT2D eigenvalue weighted by atomic mass is 16.6. The van der Waals surface area contributed by atoms with Gasteiger partial charge in [0.1, 0.15) is 12.4 Å². The number of nitro benzene ring substituents is 1. The number of nitro groups is 1. The molecule has 0 saturated carbocycles. The zero-order valence-corrected chi connectivity index (χ0v) is 17.4. The maximum atomic E-state index is 12.8. The van der Waals surface area contributed by atoms with Gasteiger partial charge in [0, 0.05) is 25.1 Å². The van der Waals surface area contributed by atoms with Crippen LogP contribution < -0.4 is 14.2 Å². The Kier molecular flexibility index (Phi) is 6.76. The number of methoxy groups -OCH3 is 2. The van der Waals surface area contributed by atoms with E-state index in [1.807, 2.05) is 24.0 Å². The molecule has 2 aromatic rings. The molecule has 1 heterocycles. The van der Waals surface area contributed by atoms with Crippen LogP contribution in [-0.2, 0) is 11.2 Å². The van der Waals surface area contributed by atoms with Crippen molar-refractivity contribution >= 4 is 11.6 Å². The largest absolute Gasteiger partial charge is 0.493 e. The Balaban J connectivity index is 1.90. The first kappa shape index (κ1) is 21.4. The van der Waals surface area contributed by atoms with E-state index < -0.39 is 4.92 Å². The summed E-state index contributed by atoms with van der Waals surface area (Å²) in [6.07, 6.45) is 1.96. The van der Waals surface area contributed by atoms with Gasteiger partial charge in [0.2, 0.25) is 5.91 Å². The van der Waals surface area contributed by atoms with Gasteiger partial charge in [-0.1, -0.05) is 6.92 Å². The summed E-state index contributed by atoms with van der Waals surface area (Å²) >= 11 is 0. The number of benzene rings is 2. The normalized spacial score (nSPS) is 15.3. The lowest BCUT2D eigenvalue weighted by Gasteiger charge is -2.37. The molecule has 0 N–H and O–H groups in total. The van der Waals surface area contributed by atoms with Crippen molar-refractivity contribution in [2.24, 2.45) is 0 Å². The summed E-state index contributed by atoms with van der Waals surface area (Å²) in [7, 11) is 3.18. The van der Waals surface area contributed by atoms with Crippen LogP contribution >= 0.6 is 0 Å². The third-order valence-electron chi connectivity index (χ3n) is 5.24. The van der Waals surface area contributed by atoms with E-state index in [1.165, 1.54) is 12.1 Å². The van der Waals surface area contributed by atoms with Crippen LogP contribution in [0.25, 0.3) is 0 Å². The van der Waals surface area contributed by atoms with Crippen molar-refractivity contribution in [1.29, 1.82) is 0 Å². The lowest BCUT2D eigenvalue weighted by atomic mass is 9.91. The molecular weight excluding hydrogens is 388 g/mol. The van der Waals surface area contributed by atoms with Gasteiger partial charge >= 0.3 is 0 Å². The van der Waals surface area contributed by atoms with Gasteiger partial charge in [-0.25, -0.2) is 0 Å². The van der Waals surface area contributed by atoms with Crippen molar-refractivity contribution in [3.05, 3.63) is 57.6 Å². The van der Waals surface area contributed by atoms with Crippen molar-refractivity contribution in [3.8, 4) is 17.2 Å². The Morgan fingerprint density at radius 2 is 1.83 bits per heavy atom. The summed E-state index contributed by atoms with van der Waals surface area (Å²) in [5, 5.41) is 10.8. The number of non-ortho nitro benzene ring substituents is 1. The molecule has 1 atom stereocenters. The van der Waals surface area contributed by atoms with Gasteiger partial charge in [-0.15, -0.1) is 0 Å². The van der Waals surface area contributed by atoms with E-state index in [1.54, 1.807) is 26.4 Å². The number of hydrogen-bond acceptors (Lipinski definition) is 6. The van der Waals surface area contributed by atoms with Gasteiger partial charge < -0.3 is 19.1 Å². The molecule has 0 bridgehead atoms. The Bertz CT molecular complexity index is 913. The summed E-state index contributed by atoms with van der Waals surface area (Å²) in [6.45, 7) is 2.80. The molecule has 0 spiro atoms. The Morgan fingerprint density at radius 1 is 1.17 bits per heavy atom. The predicted molar refractivity (Wildman–Crippen MR) is 111 cm³/mol. The molecule has 1 aliphatic rings. The van der Waals surface area contributed by atoms with Crippen molar-refractivity contribution in [2.45, 2.75) is 32.2 Å². The van der Waals surface area contributed by atoms with E-state index >= 15 is 0 Å². The van der Waals surface area contributed by atoms with Crippen LogP contribution in [-0.4, -0.2) is 43.1 Å². The van der Waals surface area contributed by atoms with Crippen LogP contribution in [0.5, 0.6) is 17.2 Å². The van der Waals surface area contributed by atoms with Crippen LogP contribution in [0.4, 0.5) is 5.69 Å². The van der Waals surface area contributed by atoms with E-state index in [2.05, 4.69) is 0 Å². The smallest absolute Gasteiger partial charge is 0.269 e. The monoisotopic (exact) mass is 414 g/mol. The number of fused-ring (bicyclic) bond motifs is 1. The van der Waals surface area contributed by atoms with Crippen LogP contribution in [0, 0.1) is 10.1 Å². The quantitative estimate of drug-likeness (QED) is 0.480. The number of ether oxygens (including phenoxy) is 3. The van der Waals surface area contributed by atoms with Gasteiger partial charge in [-0.2, -0.15) is 0 Å². The molecule has 1 amide bonds. The van der Waals surface area contributed by atoms with Crippen LogP contribution in [0.1, 0.15) is 36.9 Å². The van der Waals surface area contributed by atoms with Crippen molar-refractivity contribution in [3.63, 3.8) is 0 Å². The first-order chi connectivity index (χ1) is 14.5. The average molecular weight is 414 g/mol.